The third-order valence-corrected chi connectivity index (χ3v) is 6.13. The molecule has 3 heterocycles. The van der Waals surface area contributed by atoms with Crippen molar-refractivity contribution in [1.82, 2.24) is 19.9 Å². The Morgan fingerprint density at radius 2 is 1.97 bits per heavy atom. The minimum absolute atomic E-state index is 0.503. The smallest absolute Gasteiger partial charge is 0.179 e. The van der Waals surface area contributed by atoms with Crippen molar-refractivity contribution in [1.29, 1.82) is 0 Å². The highest BCUT2D eigenvalue weighted by Gasteiger charge is 2.18. The van der Waals surface area contributed by atoms with Crippen LogP contribution < -0.4 is 10.1 Å². The number of para-hydroxylation sites is 1. The van der Waals surface area contributed by atoms with E-state index >= 15 is 0 Å². The number of aldehydes is 1. The number of aromatic amines is 1. The van der Waals surface area contributed by atoms with Crippen LogP contribution in [-0.4, -0.2) is 59.4 Å². The van der Waals surface area contributed by atoms with E-state index < -0.39 is 0 Å². The van der Waals surface area contributed by atoms with Crippen molar-refractivity contribution in [3.05, 3.63) is 48.0 Å². The largest absolute Gasteiger partial charge is 0.497 e. The minimum atomic E-state index is 0.503. The highest BCUT2D eigenvalue weighted by Crippen LogP contribution is 2.32. The maximum absolute atomic E-state index is 12.0. The Bertz CT molecular complexity index is 1260. The van der Waals surface area contributed by atoms with E-state index in [-0.39, 0.29) is 0 Å². The molecule has 2 aromatic heterocycles. The molecule has 0 bridgehead atoms. The summed E-state index contributed by atoms with van der Waals surface area (Å²) in [6, 6.07) is 13.6. The third-order valence-electron chi connectivity index (χ3n) is 6.13. The molecular weight excluding hydrogens is 402 g/mol. The maximum atomic E-state index is 12.0. The molecular formula is C25H27N5O2. The van der Waals surface area contributed by atoms with Gasteiger partial charge in [0.1, 0.15) is 11.6 Å². The molecule has 0 unspecified atom stereocenters. The van der Waals surface area contributed by atoms with Crippen LogP contribution in [0.1, 0.15) is 29.6 Å². The predicted octanol–water partition coefficient (Wildman–Crippen LogP) is 4.50. The van der Waals surface area contributed by atoms with Crippen LogP contribution in [0.5, 0.6) is 5.75 Å². The number of hydrogen-bond acceptors (Lipinski definition) is 6. The summed E-state index contributed by atoms with van der Waals surface area (Å²) in [7, 11) is 1.61. The Morgan fingerprint density at radius 1 is 1.12 bits per heavy atom. The molecule has 2 aromatic carbocycles. The van der Waals surface area contributed by atoms with Crippen LogP contribution in [0, 0.1) is 0 Å². The quantitative estimate of drug-likeness (QED) is 0.317. The Kier molecular flexibility index (Phi) is 5.73. The molecule has 5 rings (SSSR count). The van der Waals surface area contributed by atoms with Gasteiger partial charge in [-0.05, 0) is 69.2 Å². The fourth-order valence-electron chi connectivity index (χ4n) is 4.46. The summed E-state index contributed by atoms with van der Waals surface area (Å²) >= 11 is 0. The average Bonchev–Trinajstić information content (AvgIpc) is 3.48. The molecule has 164 valence electrons. The van der Waals surface area contributed by atoms with Crippen molar-refractivity contribution in [2.75, 3.05) is 38.6 Å². The van der Waals surface area contributed by atoms with Gasteiger partial charge in [-0.1, -0.05) is 12.1 Å². The van der Waals surface area contributed by atoms with Crippen molar-refractivity contribution < 1.29 is 9.53 Å². The number of fused-ring (bicyclic) bond motifs is 2. The van der Waals surface area contributed by atoms with Gasteiger partial charge < -0.3 is 19.9 Å². The fourth-order valence-corrected chi connectivity index (χ4v) is 4.46. The van der Waals surface area contributed by atoms with Gasteiger partial charge in [-0.15, -0.1) is 0 Å². The maximum Gasteiger partial charge on any atom is 0.179 e. The van der Waals surface area contributed by atoms with Crippen LogP contribution in [0.25, 0.3) is 33.3 Å². The van der Waals surface area contributed by atoms with Crippen LogP contribution in [0.15, 0.2) is 42.5 Å². The van der Waals surface area contributed by atoms with Gasteiger partial charge in [0.05, 0.1) is 23.9 Å². The lowest BCUT2D eigenvalue weighted by Gasteiger charge is -2.15. The first-order valence-corrected chi connectivity index (χ1v) is 11.1. The van der Waals surface area contributed by atoms with E-state index in [1.54, 1.807) is 7.11 Å². The van der Waals surface area contributed by atoms with Crippen LogP contribution in [0.4, 0.5) is 5.82 Å². The molecule has 7 heteroatoms. The van der Waals surface area contributed by atoms with Crippen molar-refractivity contribution in [3.8, 4) is 17.3 Å². The number of nitrogens with zero attached hydrogens (tertiary/aromatic N) is 3. The number of ether oxygens (including phenoxy) is 1. The van der Waals surface area contributed by atoms with E-state index in [0.717, 1.165) is 53.4 Å². The highest BCUT2D eigenvalue weighted by atomic mass is 16.5. The van der Waals surface area contributed by atoms with Gasteiger partial charge in [-0.3, -0.25) is 4.79 Å². The van der Waals surface area contributed by atoms with Gasteiger partial charge >= 0.3 is 0 Å². The zero-order valence-corrected chi connectivity index (χ0v) is 18.2. The molecule has 7 nitrogen and oxygen atoms in total. The molecule has 0 aliphatic carbocycles. The molecule has 2 N–H and O–H groups in total. The number of benzene rings is 2. The Hall–Kier alpha value is -3.45. The molecule has 1 fully saturated rings. The second-order valence-corrected chi connectivity index (χ2v) is 8.19. The summed E-state index contributed by atoms with van der Waals surface area (Å²) in [5.74, 6) is 1.99. The molecule has 1 aliphatic heterocycles. The number of aromatic nitrogens is 3. The molecule has 4 aromatic rings. The van der Waals surface area contributed by atoms with Gasteiger partial charge in [0, 0.05) is 22.8 Å². The van der Waals surface area contributed by atoms with Crippen molar-refractivity contribution in [2.24, 2.45) is 0 Å². The number of nitrogens with one attached hydrogen (secondary N) is 2. The van der Waals surface area contributed by atoms with Crippen molar-refractivity contribution in [2.45, 2.75) is 19.3 Å². The second kappa shape index (κ2) is 8.96. The van der Waals surface area contributed by atoms with Crippen molar-refractivity contribution in [3.63, 3.8) is 0 Å². The fraction of sp³-hybridized carbons (Fsp3) is 0.320. The molecule has 0 saturated carbocycles. The number of anilines is 1. The molecule has 1 saturated heterocycles. The molecule has 0 spiro atoms. The first-order valence-electron chi connectivity index (χ1n) is 11.1. The van der Waals surface area contributed by atoms with Crippen LogP contribution in [0.3, 0.4) is 0 Å². The van der Waals surface area contributed by atoms with Crippen LogP contribution >= 0.6 is 0 Å². The zero-order chi connectivity index (χ0) is 21.9. The van der Waals surface area contributed by atoms with E-state index in [1.165, 1.54) is 25.9 Å². The third kappa shape index (κ3) is 3.91. The summed E-state index contributed by atoms with van der Waals surface area (Å²) in [6.45, 7) is 4.35. The highest BCUT2D eigenvalue weighted by molar-refractivity contribution is 6.04. The van der Waals surface area contributed by atoms with Gasteiger partial charge in [0.2, 0.25) is 0 Å². The number of hydrogen-bond donors (Lipinski definition) is 2. The van der Waals surface area contributed by atoms with E-state index in [0.29, 0.717) is 22.8 Å². The Labute approximate surface area is 186 Å². The number of carbonyl (C=O) groups excluding carboxylic acids is 1. The standard InChI is InChI=1S/C25H27N5O2/c1-32-17-9-10-22-19(15-17)20(16-31)23(27-22)25-28-21-8-3-2-7-18(21)24(29-25)26-11-6-14-30-12-4-5-13-30/h2-3,7-10,15-16,27H,4-6,11-14H2,1H3,(H,26,28,29). The number of methoxy groups -OCH3 is 1. The summed E-state index contributed by atoms with van der Waals surface area (Å²) in [5, 5.41) is 5.28. The first-order chi connectivity index (χ1) is 15.8. The Balaban J connectivity index is 1.49. The monoisotopic (exact) mass is 429 g/mol. The lowest BCUT2D eigenvalue weighted by Crippen LogP contribution is -2.22. The second-order valence-electron chi connectivity index (χ2n) is 8.19. The van der Waals surface area contributed by atoms with Crippen molar-refractivity contribution >= 4 is 33.9 Å². The van der Waals surface area contributed by atoms with Gasteiger partial charge in [-0.2, -0.15) is 0 Å². The zero-order valence-electron chi connectivity index (χ0n) is 18.2. The lowest BCUT2D eigenvalue weighted by atomic mass is 10.1. The number of rotatable bonds is 8. The average molecular weight is 430 g/mol. The van der Waals surface area contributed by atoms with E-state index in [1.807, 2.05) is 42.5 Å². The Morgan fingerprint density at radius 3 is 2.78 bits per heavy atom. The van der Waals surface area contributed by atoms with E-state index in [4.69, 9.17) is 14.7 Å². The van der Waals surface area contributed by atoms with Gasteiger partial charge in [-0.25, -0.2) is 9.97 Å². The first kappa shape index (κ1) is 20.5. The molecule has 0 atom stereocenters. The normalized spacial score (nSPS) is 14.3. The van der Waals surface area contributed by atoms with Gasteiger partial charge in [0.15, 0.2) is 12.1 Å². The SMILES string of the molecule is COc1ccc2[nH]c(-c3nc(NCCCN4CCCC4)c4ccccc4n3)c(C=O)c2c1. The van der Waals surface area contributed by atoms with E-state index in [9.17, 15) is 4.79 Å². The molecule has 0 amide bonds. The molecule has 32 heavy (non-hydrogen) atoms. The van der Waals surface area contributed by atoms with Crippen LogP contribution in [0.2, 0.25) is 0 Å². The van der Waals surface area contributed by atoms with Crippen LogP contribution in [-0.2, 0) is 0 Å². The number of likely N-dealkylation sites (tertiary alicyclic amines) is 1. The van der Waals surface area contributed by atoms with E-state index in [2.05, 4.69) is 15.2 Å². The molecule has 1 aliphatic rings. The van der Waals surface area contributed by atoms with Gasteiger partial charge in [0.25, 0.3) is 0 Å². The summed E-state index contributed by atoms with van der Waals surface area (Å²) in [5.41, 5.74) is 2.84. The summed E-state index contributed by atoms with van der Waals surface area (Å²) in [4.78, 5) is 27.5. The molecule has 0 radical (unpaired) electrons. The number of H-pyrrole nitrogens is 1. The summed E-state index contributed by atoms with van der Waals surface area (Å²) in [6.07, 6.45) is 4.53. The number of carbonyl (C=O) groups is 1. The lowest BCUT2D eigenvalue weighted by molar-refractivity contribution is 0.112. The minimum Gasteiger partial charge on any atom is -0.497 e. The topological polar surface area (TPSA) is 83.1 Å². The summed E-state index contributed by atoms with van der Waals surface area (Å²) < 4.78 is 5.33. The predicted molar refractivity (Wildman–Crippen MR) is 128 cm³/mol.